The van der Waals surface area contributed by atoms with Gasteiger partial charge in [0.1, 0.15) is 0 Å². The molecule has 2 rings (SSSR count). The molecule has 8 heteroatoms. The first-order valence-corrected chi connectivity index (χ1v) is 6.39. The third kappa shape index (κ3) is 3.47. The van der Waals surface area contributed by atoms with E-state index < -0.39 is 4.92 Å². The normalized spacial score (nSPS) is 17.4. The highest BCUT2D eigenvalue weighted by Crippen LogP contribution is 2.20. The zero-order chi connectivity index (χ0) is 15.4. The molecule has 0 bridgehead atoms. The third-order valence-electron chi connectivity index (χ3n) is 3.32. The van der Waals surface area contributed by atoms with Crippen molar-refractivity contribution < 1.29 is 19.2 Å². The molecule has 0 saturated carbocycles. The molecule has 0 aliphatic carbocycles. The van der Waals surface area contributed by atoms with Gasteiger partial charge in [-0.1, -0.05) is 6.07 Å². The molecular weight excluding hydrogens is 278 g/mol. The molecule has 0 radical (unpaired) electrons. The second-order valence-corrected chi connectivity index (χ2v) is 4.69. The standard InChI is InChI=1S/C13H15N3O5/c1-21-12(17)9-5-6-15(8-9)13(18)14-10-3-2-4-11(7-10)16(19)20/h2-4,7,9H,5-6,8H2,1H3,(H,14,18). The smallest absolute Gasteiger partial charge is 0.321 e. The van der Waals surface area contributed by atoms with Crippen LogP contribution in [0.2, 0.25) is 0 Å². The van der Waals surface area contributed by atoms with Crippen LogP contribution in [0.3, 0.4) is 0 Å². The number of hydrogen-bond acceptors (Lipinski definition) is 5. The van der Waals surface area contributed by atoms with E-state index in [-0.39, 0.29) is 30.2 Å². The van der Waals surface area contributed by atoms with Gasteiger partial charge in [-0.25, -0.2) is 4.79 Å². The molecule has 1 N–H and O–H groups in total. The van der Waals surface area contributed by atoms with Gasteiger partial charge in [0.05, 0.1) is 18.0 Å². The van der Waals surface area contributed by atoms with E-state index in [1.54, 1.807) is 6.07 Å². The van der Waals surface area contributed by atoms with Crippen LogP contribution in [0, 0.1) is 16.0 Å². The van der Waals surface area contributed by atoms with Crippen molar-refractivity contribution in [2.75, 3.05) is 25.5 Å². The van der Waals surface area contributed by atoms with Crippen molar-refractivity contribution in [3.05, 3.63) is 34.4 Å². The summed E-state index contributed by atoms with van der Waals surface area (Å²) in [6.07, 6.45) is 0.551. The maximum absolute atomic E-state index is 12.0. The second kappa shape index (κ2) is 6.21. The number of carbonyl (C=O) groups excluding carboxylic acids is 2. The highest BCUT2D eigenvalue weighted by atomic mass is 16.6. The number of nitro groups is 1. The average Bonchev–Trinajstić information content (AvgIpc) is 2.96. The lowest BCUT2D eigenvalue weighted by atomic mass is 10.1. The summed E-state index contributed by atoms with van der Waals surface area (Å²) in [6, 6.07) is 5.31. The van der Waals surface area contributed by atoms with E-state index in [0.29, 0.717) is 18.7 Å². The van der Waals surface area contributed by atoms with Crippen molar-refractivity contribution >= 4 is 23.4 Å². The number of urea groups is 1. The second-order valence-electron chi connectivity index (χ2n) is 4.69. The number of nitro benzene ring substituents is 1. The molecule has 1 unspecified atom stereocenters. The Morgan fingerprint density at radius 3 is 2.90 bits per heavy atom. The van der Waals surface area contributed by atoms with Gasteiger partial charge >= 0.3 is 12.0 Å². The Balaban J connectivity index is 1.98. The summed E-state index contributed by atoms with van der Waals surface area (Å²) in [7, 11) is 1.31. The zero-order valence-electron chi connectivity index (χ0n) is 11.4. The van der Waals surface area contributed by atoms with Gasteiger partial charge in [0.25, 0.3) is 5.69 Å². The summed E-state index contributed by atoms with van der Waals surface area (Å²) in [5.41, 5.74) is 0.248. The molecule has 1 saturated heterocycles. The van der Waals surface area contributed by atoms with Gasteiger partial charge in [0.15, 0.2) is 0 Å². The van der Waals surface area contributed by atoms with Gasteiger partial charge in [0.2, 0.25) is 0 Å². The largest absolute Gasteiger partial charge is 0.469 e. The SMILES string of the molecule is COC(=O)C1CCN(C(=O)Nc2cccc([N+](=O)[O-])c2)C1. The molecule has 112 valence electrons. The number of non-ortho nitro benzene ring substituents is 1. The van der Waals surface area contributed by atoms with Crippen molar-refractivity contribution in [2.24, 2.45) is 5.92 Å². The molecular formula is C13H15N3O5. The Labute approximate surface area is 120 Å². The van der Waals surface area contributed by atoms with Crippen LogP contribution in [-0.4, -0.2) is 42.0 Å². The Bertz CT molecular complexity index is 575. The fourth-order valence-electron chi connectivity index (χ4n) is 2.20. The predicted octanol–water partition coefficient (Wildman–Crippen LogP) is 1.62. The first kappa shape index (κ1) is 14.8. The average molecular weight is 293 g/mol. The number of likely N-dealkylation sites (tertiary alicyclic amines) is 1. The number of methoxy groups -OCH3 is 1. The highest BCUT2D eigenvalue weighted by molar-refractivity contribution is 5.90. The van der Waals surface area contributed by atoms with Crippen LogP contribution in [0.25, 0.3) is 0 Å². The van der Waals surface area contributed by atoms with E-state index in [1.165, 1.54) is 30.2 Å². The van der Waals surface area contributed by atoms with Gasteiger partial charge in [-0.3, -0.25) is 14.9 Å². The lowest BCUT2D eigenvalue weighted by Gasteiger charge is -2.16. The van der Waals surface area contributed by atoms with E-state index in [4.69, 9.17) is 0 Å². The number of nitrogens with one attached hydrogen (secondary N) is 1. The van der Waals surface area contributed by atoms with E-state index in [0.717, 1.165) is 0 Å². The minimum atomic E-state index is -0.529. The van der Waals surface area contributed by atoms with Crippen molar-refractivity contribution in [2.45, 2.75) is 6.42 Å². The van der Waals surface area contributed by atoms with Gasteiger partial charge < -0.3 is 15.0 Å². The molecule has 8 nitrogen and oxygen atoms in total. The quantitative estimate of drug-likeness (QED) is 0.518. The summed E-state index contributed by atoms with van der Waals surface area (Å²) in [6.45, 7) is 0.730. The third-order valence-corrected chi connectivity index (χ3v) is 3.32. The van der Waals surface area contributed by atoms with Crippen LogP contribution in [0.4, 0.5) is 16.2 Å². The van der Waals surface area contributed by atoms with Gasteiger partial charge in [-0.05, 0) is 12.5 Å². The molecule has 1 heterocycles. The van der Waals surface area contributed by atoms with Crippen LogP contribution in [0.1, 0.15) is 6.42 Å². The topological polar surface area (TPSA) is 102 Å². The Morgan fingerprint density at radius 1 is 1.48 bits per heavy atom. The molecule has 1 aliphatic heterocycles. The van der Waals surface area contributed by atoms with Crippen molar-refractivity contribution in [3.63, 3.8) is 0 Å². The highest BCUT2D eigenvalue weighted by Gasteiger charge is 2.31. The summed E-state index contributed by atoms with van der Waals surface area (Å²) >= 11 is 0. The number of amides is 2. The summed E-state index contributed by atoms with van der Waals surface area (Å²) in [5, 5.41) is 13.3. The van der Waals surface area contributed by atoms with Crippen LogP contribution >= 0.6 is 0 Å². The van der Waals surface area contributed by atoms with Crippen molar-refractivity contribution in [1.29, 1.82) is 0 Å². The summed E-state index contributed by atoms with van der Waals surface area (Å²) in [4.78, 5) is 35.1. The van der Waals surface area contributed by atoms with Crippen molar-refractivity contribution in [3.8, 4) is 0 Å². The van der Waals surface area contributed by atoms with Gasteiger partial charge in [-0.15, -0.1) is 0 Å². The predicted molar refractivity (Wildman–Crippen MR) is 73.8 cm³/mol. The lowest BCUT2D eigenvalue weighted by molar-refractivity contribution is -0.384. The minimum absolute atomic E-state index is 0.0957. The number of nitrogens with zero attached hydrogens (tertiary/aromatic N) is 2. The fraction of sp³-hybridized carbons (Fsp3) is 0.385. The zero-order valence-corrected chi connectivity index (χ0v) is 11.4. The van der Waals surface area contributed by atoms with Gasteiger partial charge in [0, 0.05) is 30.9 Å². The van der Waals surface area contributed by atoms with E-state index in [1.807, 2.05) is 0 Å². The summed E-state index contributed by atoms with van der Waals surface area (Å²) < 4.78 is 4.65. The minimum Gasteiger partial charge on any atom is -0.469 e. The Morgan fingerprint density at radius 2 is 2.24 bits per heavy atom. The number of anilines is 1. The van der Waals surface area contributed by atoms with Crippen LogP contribution in [-0.2, 0) is 9.53 Å². The number of ether oxygens (including phenoxy) is 1. The number of rotatable bonds is 3. The first-order valence-electron chi connectivity index (χ1n) is 6.39. The first-order chi connectivity index (χ1) is 10.0. The Hall–Kier alpha value is -2.64. The lowest BCUT2D eigenvalue weighted by Crippen LogP contribution is -2.33. The molecule has 2 amide bonds. The van der Waals surface area contributed by atoms with Crippen LogP contribution < -0.4 is 5.32 Å². The monoisotopic (exact) mass is 293 g/mol. The van der Waals surface area contributed by atoms with E-state index >= 15 is 0 Å². The van der Waals surface area contributed by atoms with E-state index in [9.17, 15) is 19.7 Å². The van der Waals surface area contributed by atoms with Crippen molar-refractivity contribution in [1.82, 2.24) is 4.90 Å². The Kier molecular flexibility index (Phi) is 4.36. The maximum Gasteiger partial charge on any atom is 0.321 e. The number of benzene rings is 1. The molecule has 21 heavy (non-hydrogen) atoms. The fourth-order valence-corrected chi connectivity index (χ4v) is 2.20. The van der Waals surface area contributed by atoms with Crippen LogP contribution in [0.5, 0.6) is 0 Å². The molecule has 1 aromatic rings. The molecule has 0 spiro atoms. The molecule has 1 fully saturated rings. The summed E-state index contributed by atoms with van der Waals surface area (Å²) in [5.74, 6) is -0.647. The number of hydrogen-bond donors (Lipinski definition) is 1. The maximum atomic E-state index is 12.0. The van der Waals surface area contributed by atoms with Gasteiger partial charge in [-0.2, -0.15) is 0 Å². The number of esters is 1. The molecule has 1 aromatic carbocycles. The van der Waals surface area contributed by atoms with E-state index in [2.05, 4.69) is 10.1 Å². The number of carbonyl (C=O) groups is 2. The molecule has 1 aliphatic rings. The molecule has 1 atom stereocenters. The molecule has 0 aromatic heterocycles. The van der Waals surface area contributed by atoms with Crippen LogP contribution in [0.15, 0.2) is 24.3 Å².